The van der Waals surface area contributed by atoms with Crippen LogP contribution in [0.25, 0.3) is 11.0 Å². The summed E-state index contributed by atoms with van der Waals surface area (Å²) in [6, 6.07) is 11.2. The number of aromatic carboxylic acids is 1. The van der Waals surface area contributed by atoms with Gasteiger partial charge in [0, 0.05) is 50.5 Å². The first kappa shape index (κ1) is 25.8. The number of rotatable bonds is 10. The van der Waals surface area contributed by atoms with E-state index in [2.05, 4.69) is 36.0 Å². The third kappa shape index (κ3) is 5.46. The van der Waals surface area contributed by atoms with Crippen molar-refractivity contribution in [3.63, 3.8) is 0 Å². The normalized spacial score (nSPS) is 14.6. The lowest BCUT2D eigenvalue weighted by Gasteiger charge is -2.31. The number of benzene rings is 1. The predicted molar refractivity (Wildman–Crippen MR) is 148 cm³/mol. The number of hydrogen-bond donors (Lipinski definition) is 1. The zero-order valence-electron chi connectivity index (χ0n) is 22.4. The van der Waals surface area contributed by atoms with E-state index in [1.807, 2.05) is 41.6 Å². The lowest BCUT2D eigenvalue weighted by molar-refractivity contribution is 0.0697. The van der Waals surface area contributed by atoms with E-state index in [0.29, 0.717) is 31.6 Å². The van der Waals surface area contributed by atoms with Crippen molar-refractivity contribution in [1.29, 1.82) is 0 Å². The van der Waals surface area contributed by atoms with Crippen molar-refractivity contribution in [1.82, 2.24) is 38.8 Å². The molecule has 0 atom stereocenters. The minimum absolute atomic E-state index is 0.258. The monoisotopic (exact) mass is 540 g/mol. The molecule has 11 heteroatoms. The van der Waals surface area contributed by atoms with Gasteiger partial charge in [-0.2, -0.15) is 0 Å². The second kappa shape index (κ2) is 11.3. The Morgan fingerprint density at radius 1 is 1.07 bits per heavy atom. The Labute approximate surface area is 231 Å². The molecule has 0 saturated carbocycles. The molecule has 4 aromatic heterocycles. The lowest BCUT2D eigenvalue weighted by Crippen LogP contribution is -2.35. The SMILES string of the molecule is CCn1cncc1Cn1c(CN2CCC(n3ccc(OCc4ccncc4)n3)CC2)nc2ccc(C(=O)O)cc21. The summed E-state index contributed by atoms with van der Waals surface area (Å²) in [7, 11) is 0. The molecule has 0 amide bonds. The van der Waals surface area contributed by atoms with E-state index in [1.165, 1.54) is 0 Å². The van der Waals surface area contributed by atoms with Crippen LogP contribution in [0.5, 0.6) is 5.88 Å². The molecular formula is C29H32N8O3. The number of carboxylic acids is 1. The standard InChI is InChI=1S/C29H32N8O3/c1-2-35-20-31-16-24(35)17-36-26-15-22(29(38)39)3-4-25(26)32-27(36)18-34-12-7-23(8-13-34)37-14-9-28(33-37)40-19-21-5-10-30-11-6-21/h3-6,9-11,14-16,20,23H,2,7-8,12-13,17-19H2,1H3,(H,38,39). The maximum atomic E-state index is 11.7. The molecular weight excluding hydrogens is 508 g/mol. The number of aromatic nitrogens is 7. The average Bonchev–Trinajstić information content (AvgIpc) is 3.72. The van der Waals surface area contributed by atoms with E-state index >= 15 is 0 Å². The molecule has 0 bridgehead atoms. The Balaban J connectivity index is 1.14. The van der Waals surface area contributed by atoms with E-state index in [1.54, 1.807) is 30.6 Å². The van der Waals surface area contributed by atoms with Crippen molar-refractivity contribution in [2.45, 2.75) is 52.0 Å². The molecule has 1 aliphatic rings. The zero-order valence-corrected chi connectivity index (χ0v) is 22.4. The van der Waals surface area contributed by atoms with Gasteiger partial charge < -0.3 is 19.0 Å². The summed E-state index contributed by atoms with van der Waals surface area (Å²) in [6.45, 7) is 6.45. The summed E-state index contributed by atoms with van der Waals surface area (Å²) in [5.41, 5.74) is 4.00. The number of likely N-dealkylation sites (tertiary alicyclic amines) is 1. The largest absolute Gasteiger partial charge is 0.478 e. The quantitative estimate of drug-likeness (QED) is 0.283. The van der Waals surface area contributed by atoms with Gasteiger partial charge in [-0.1, -0.05) is 0 Å². The van der Waals surface area contributed by atoms with Gasteiger partial charge in [-0.15, -0.1) is 5.10 Å². The maximum Gasteiger partial charge on any atom is 0.335 e. The topological polar surface area (TPSA) is 116 Å². The van der Waals surface area contributed by atoms with Gasteiger partial charge in [-0.25, -0.2) is 14.8 Å². The number of hydrogen-bond acceptors (Lipinski definition) is 7. The summed E-state index contributed by atoms with van der Waals surface area (Å²) in [4.78, 5) is 27.4. The Bertz CT molecular complexity index is 1600. The lowest BCUT2D eigenvalue weighted by atomic mass is 10.1. The number of piperidine rings is 1. The van der Waals surface area contributed by atoms with Gasteiger partial charge in [-0.3, -0.25) is 14.6 Å². The van der Waals surface area contributed by atoms with E-state index < -0.39 is 5.97 Å². The number of nitrogens with zero attached hydrogens (tertiary/aromatic N) is 8. The molecule has 0 radical (unpaired) electrons. The van der Waals surface area contributed by atoms with Crippen LogP contribution in [-0.2, 0) is 26.2 Å². The Morgan fingerprint density at radius 2 is 1.90 bits per heavy atom. The minimum atomic E-state index is -0.943. The fourth-order valence-electron chi connectivity index (χ4n) is 5.31. The van der Waals surface area contributed by atoms with Crippen molar-refractivity contribution < 1.29 is 14.6 Å². The number of ether oxygens (including phenoxy) is 1. The summed E-state index contributed by atoms with van der Waals surface area (Å²) < 4.78 is 12.1. The second-order valence-corrected chi connectivity index (χ2v) is 10.1. The zero-order chi connectivity index (χ0) is 27.5. The molecule has 1 aromatic carbocycles. The number of carboxylic acid groups (broad SMARTS) is 1. The fraction of sp³-hybridized carbons (Fsp3) is 0.345. The third-order valence-corrected chi connectivity index (χ3v) is 7.55. The minimum Gasteiger partial charge on any atom is -0.478 e. The van der Waals surface area contributed by atoms with Gasteiger partial charge in [0.05, 0.1) is 47.7 Å². The number of aryl methyl sites for hydroxylation is 1. The van der Waals surface area contributed by atoms with Crippen LogP contribution >= 0.6 is 0 Å². The maximum absolute atomic E-state index is 11.7. The van der Waals surface area contributed by atoms with Crippen molar-refractivity contribution in [3.05, 3.63) is 90.2 Å². The van der Waals surface area contributed by atoms with E-state index in [-0.39, 0.29) is 5.56 Å². The highest BCUT2D eigenvalue weighted by Gasteiger charge is 2.24. The van der Waals surface area contributed by atoms with Crippen molar-refractivity contribution in [2.75, 3.05) is 13.1 Å². The molecule has 1 fully saturated rings. The smallest absolute Gasteiger partial charge is 0.335 e. The van der Waals surface area contributed by atoms with Crippen LogP contribution < -0.4 is 4.74 Å². The van der Waals surface area contributed by atoms with Gasteiger partial charge in [0.2, 0.25) is 5.88 Å². The molecule has 6 rings (SSSR count). The number of imidazole rings is 2. The Morgan fingerprint density at radius 3 is 2.67 bits per heavy atom. The number of pyridine rings is 1. The van der Waals surface area contributed by atoms with E-state index in [4.69, 9.17) is 9.72 Å². The Kier molecular flexibility index (Phi) is 7.28. The van der Waals surface area contributed by atoms with Gasteiger partial charge in [-0.05, 0) is 55.7 Å². The van der Waals surface area contributed by atoms with E-state index in [9.17, 15) is 9.90 Å². The van der Waals surface area contributed by atoms with Crippen LogP contribution in [0.15, 0.2) is 67.5 Å². The van der Waals surface area contributed by atoms with Crippen LogP contribution in [0.4, 0.5) is 0 Å². The van der Waals surface area contributed by atoms with Crippen molar-refractivity contribution >= 4 is 17.0 Å². The molecule has 0 spiro atoms. The van der Waals surface area contributed by atoms with Crippen molar-refractivity contribution in [2.24, 2.45) is 0 Å². The molecule has 0 unspecified atom stereocenters. The van der Waals surface area contributed by atoms with Crippen LogP contribution in [0.3, 0.4) is 0 Å². The van der Waals surface area contributed by atoms with E-state index in [0.717, 1.165) is 60.6 Å². The third-order valence-electron chi connectivity index (χ3n) is 7.55. The fourth-order valence-corrected chi connectivity index (χ4v) is 5.31. The highest BCUT2D eigenvalue weighted by atomic mass is 16.5. The van der Waals surface area contributed by atoms with Crippen LogP contribution in [0, 0.1) is 0 Å². The molecule has 0 aliphatic carbocycles. The first-order chi connectivity index (χ1) is 19.6. The summed E-state index contributed by atoms with van der Waals surface area (Å²) in [6.07, 6.45) is 11.1. The molecule has 1 N–H and O–H groups in total. The first-order valence-electron chi connectivity index (χ1n) is 13.6. The van der Waals surface area contributed by atoms with Gasteiger partial charge in [0.1, 0.15) is 12.4 Å². The summed E-state index contributed by atoms with van der Waals surface area (Å²) in [5.74, 6) is 0.604. The average molecular weight is 541 g/mol. The highest BCUT2D eigenvalue weighted by Crippen LogP contribution is 2.26. The first-order valence-corrected chi connectivity index (χ1v) is 13.6. The van der Waals surface area contributed by atoms with Gasteiger partial charge in [0.15, 0.2) is 0 Å². The molecule has 206 valence electrons. The Hall–Kier alpha value is -4.51. The van der Waals surface area contributed by atoms with Crippen LogP contribution in [0.1, 0.15) is 53.2 Å². The molecule has 5 aromatic rings. The van der Waals surface area contributed by atoms with Crippen LogP contribution in [-0.4, -0.2) is 62.9 Å². The number of fused-ring (bicyclic) bond motifs is 1. The summed E-state index contributed by atoms with van der Waals surface area (Å²) >= 11 is 0. The molecule has 1 saturated heterocycles. The molecule has 11 nitrogen and oxygen atoms in total. The second-order valence-electron chi connectivity index (χ2n) is 10.1. The molecule has 5 heterocycles. The molecule has 40 heavy (non-hydrogen) atoms. The van der Waals surface area contributed by atoms with Gasteiger partial charge in [0.25, 0.3) is 0 Å². The van der Waals surface area contributed by atoms with Gasteiger partial charge >= 0.3 is 5.97 Å². The summed E-state index contributed by atoms with van der Waals surface area (Å²) in [5, 5.41) is 14.2. The predicted octanol–water partition coefficient (Wildman–Crippen LogP) is 4.01. The van der Waals surface area contributed by atoms with Crippen LogP contribution in [0.2, 0.25) is 0 Å². The van der Waals surface area contributed by atoms with Crippen molar-refractivity contribution in [3.8, 4) is 5.88 Å². The molecule has 1 aliphatic heterocycles. The highest BCUT2D eigenvalue weighted by molar-refractivity contribution is 5.92. The number of carbonyl (C=O) groups is 1.